The molecule has 1 saturated heterocycles. The van der Waals surface area contributed by atoms with Gasteiger partial charge in [-0.1, -0.05) is 11.8 Å². The zero-order chi connectivity index (χ0) is 13.9. The number of carbonyl (C=O) groups excluding carboxylic acids is 1. The second-order valence-corrected chi connectivity index (χ2v) is 5.95. The summed E-state index contributed by atoms with van der Waals surface area (Å²) < 4.78 is 5.74. The molecule has 3 rings (SSSR count). The van der Waals surface area contributed by atoms with Crippen molar-refractivity contribution in [3.05, 3.63) is 21.9 Å². The van der Waals surface area contributed by atoms with Crippen LogP contribution in [0.15, 0.2) is 11.4 Å². The number of nitrogens with zero attached hydrogens (tertiary/aromatic N) is 1. The molecule has 1 aromatic rings. The summed E-state index contributed by atoms with van der Waals surface area (Å²) in [6.45, 7) is 1.09. The van der Waals surface area contributed by atoms with Crippen LogP contribution in [-0.2, 0) is 4.74 Å². The molecule has 1 saturated carbocycles. The fraction of sp³-hybridized carbons (Fsp3) is 0.533. The molecule has 0 aromatic carbocycles. The lowest BCUT2D eigenvalue weighted by Gasteiger charge is -2.37. The van der Waals surface area contributed by atoms with E-state index in [9.17, 15) is 4.79 Å². The van der Waals surface area contributed by atoms with Crippen molar-refractivity contribution in [2.45, 2.75) is 31.4 Å². The Bertz CT molecular complexity index is 557. The highest BCUT2D eigenvalue weighted by Crippen LogP contribution is 2.31. The Kier molecular flexibility index (Phi) is 4.06. The lowest BCUT2D eigenvalue weighted by Crippen LogP contribution is -2.51. The van der Waals surface area contributed by atoms with Gasteiger partial charge in [-0.25, -0.2) is 0 Å². The smallest absolute Gasteiger partial charge is 0.265 e. The first-order chi connectivity index (χ1) is 9.81. The maximum Gasteiger partial charge on any atom is 0.265 e. The number of aliphatic hydroxyl groups is 1. The fourth-order valence-corrected chi connectivity index (χ4v) is 3.82. The number of carbonyl (C=O) groups is 1. The third-order valence-corrected chi connectivity index (χ3v) is 4.81. The summed E-state index contributed by atoms with van der Waals surface area (Å²) in [4.78, 5) is 15.4. The van der Waals surface area contributed by atoms with Crippen LogP contribution in [-0.4, -0.2) is 47.8 Å². The maximum atomic E-state index is 12.7. The van der Waals surface area contributed by atoms with Crippen molar-refractivity contribution in [1.29, 1.82) is 0 Å². The maximum absolute atomic E-state index is 12.7. The number of thiophene rings is 1. The molecule has 106 valence electrons. The Hall–Kier alpha value is -1.35. The van der Waals surface area contributed by atoms with Gasteiger partial charge in [0.05, 0.1) is 18.8 Å². The second-order valence-electron chi connectivity index (χ2n) is 5.03. The van der Waals surface area contributed by atoms with E-state index in [1.54, 1.807) is 0 Å². The molecule has 1 N–H and O–H groups in total. The number of rotatable bonds is 1. The lowest BCUT2D eigenvalue weighted by molar-refractivity contribution is -0.0443. The van der Waals surface area contributed by atoms with Crippen LogP contribution in [0.25, 0.3) is 0 Å². The van der Waals surface area contributed by atoms with Gasteiger partial charge in [-0.3, -0.25) is 4.79 Å². The zero-order valence-electron chi connectivity index (χ0n) is 11.2. The SMILES string of the molecule is O=C(c1sccc1C#CCO)N1CCOC2CCCC21. The average Bonchev–Trinajstić information content (AvgIpc) is 3.12. The molecule has 1 aliphatic heterocycles. The van der Waals surface area contributed by atoms with E-state index in [1.807, 2.05) is 16.3 Å². The summed E-state index contributed by atoms with van der Waals surface area (Å²) in [6.07, 6.45) is 3.41. The standard InChI is InChI=1S/C15H17NO3S/c17-8-2-3-11-6-10-20-14(11)15(18)16-7-9-19-13-5-1-4-12(13)16/h6,10,12-13,17H,1,4-5,7-9H2. The summed E-state index contributed by atoms with van der Waals surface area (Å²) in [5.41, 5.74) is 0.718. The van der Waals surface area contributed by atoms with Gasteiger partial charge in [-0.2, -0.15) is 0 Å². The number of ether oxygens (including phenoxy) is 1. The Morgan fingerprint density at radius 1 is 1.55 bits per heavy atom. The van der Waals surface area contributed by atoms with Gasteiger partial charge in [0.1, 0.15) is 11.5 Å². The Balaban J connectivity index is 1.83. The minimum absolute atomic E-state index is 0.0578. The van der Waals surface area contributed by atoms with Crippen LogP contribution in [0, 0.1) is 11.8 Å². The summed E-state index contributed by atoms with van der Waals surface area (Å²) >= 11 is 1.42. The van der Waals surface area contributed by atoms with E-state index in [2.05, 4.69) is 11.8 Å². The van der Waals surface area contributed by atoms with Crippen molar-refractivity contribution < 1.29 is 14.6 Å². The molecule has 5 heteroatoms. The molecule has 20 heavy (non-hydrogen) atoms. The van der Waals surface area contributed by atoms with Gasteiger partial charge in [-0.15, -0.1) is 11.3 Å². The van der Waals surface area contributed by atoms with Crippen molar-refractivity contribution in [1.82, 2.24) is 4.90 Å². The summed E-state index contributed by atoms with van der Waals surface area (Å²) in [5, 5.41) is 10.7. The first kappa shape index (κ1) is 13.6. The highest BCUT2D eigenvalue weighted by Gasteiger charge is 2.39. The second kappa shape index (κ2) is 5.96. The van der Waals surface area contributed by atoms with Crippen molar-refractivity contribution in [2.24, 2.45) is 0 Å². The van der Waals surface area contributed by atoms with Gasteiger partial charge >= 0.3 is 0 Å². The van der Waals surface area contributed by atoms with Crippen LogP contribution in [0.4, 0.5) is 0 Å². The van der Waals surface area contributed by atoms with Crippen LogP contribution in [0.3, 0.4) is 0 Å². The van der Waals surface area contributed by atoms with Gasteiger partial charge in [0.2, 0.25) is 0 Å². The molecular formula is C15H17NO3S. The van der Waals surface area contributed by atoms with Crippen LogP contribution in [0.2, 0.25) is 0 Å². The van der Waals surface area contributed by atoms with Gasteiger partial charge < -0.3 is 14.7 Å². The summed E-state index contributed by atoms with van der Waals surface area (Å²) in [7, 11) is 0. The molecular weight excluding hydrogens is 274 g/mol. The van der Waals surface area contributed by atoms with E-state index in [0.717, 1.165) is 24.8 Å². The van der Waals surface area contributed by atoms with Crippen LogP contribution in [0.1, 0.15) is 34.5 Å². The molecule has 0 bridgehead atoms. The molecule has 2 unspecified atom stereocenters. The van der Waals surface area contributed by atoms with Gasteiger partial charge in [0.15, 0.2) is 0 Å². The molecule has 0 spiro atoms. The minimum atomic E-state index is -0.189. The quantitative estimate of drug-likeness (QED) is 0.798. The molecule has 1 aromatic heterocycles. The van der Waals surface area contributed by atoms with E-state index < -0.39 is 0 Å². The van der Waals surface area contributed by atoms with E-state index >= 15 is 0 Å². The predicted octanol–water partition coefficient (Wildman–Crippen LogP) is 1.49. The van der Waals surface area contributed by atoms with Crippen LogP contribution < -0.4 is 0 Å². The van der Waals surface area contributed by atoms with Crippen LogP contribution >= 0.6 is 11.3 Å². The first-order valence-corrected chi connectivity index (χ1v) is 7.79. The van der Waals surface area contributed by atoms with Gasteiger partial charge in [0.25, 0.3) is 5.91 Å². The fourth-order valence-electron chi connectivity index (χ4n) is 3.02. The third-order valence-electron chi connectivity index (χ3n) is 3.90. The van der Waals surface area contributed by atoms with Crippen molar-refractivity contribution >= 4 is 17.2 Å². The van der Waals surface area contributed by atoms with Gasteiger partial charge in [0, 0.05) is 12.1 Å². The Morgan fingerprint density at radius 3 is 3.30 bits per heavy atom. The van der Waals surface area contributed by atoms with E-state index in [1.165, 1.54) is 11.3 Å². The normalized spacial score (nSPS) is 24.9. The van der Waals surface area contributed by atoms with E-state index in [0.29, 0.717) is 18.0 Å². The highest BCUT2D eigenvalue weighted by molar-refractivity contribution is 7.12. The lowest BCUT2D eigenvalue weighted by atomic mass is 10.1. The first-order valence-electron chi connectivity index (χ1n) is 6.91. The minimum Gasteiger partial charge on any atom is -0.384 e. The number of fused-ring (bicyclic) bond motifs is 1. The predicted molar refractivity (Wildman–Crippen MR) is 76.7 cm³/mol. The van der Waals surface area contributed by atoms with Crippen molar-refractivity contribution in [3.8, 4) is 11.8 Å². The molecule has 2 aliphatic rings. The van der Waals surface area contributed by atoms with Gasteiger partial charge in [-0.05, 0) is 30.7 Å². The zero-order valence-corrected chi connectivity index (χ0v) is 12.0. The molecule has 1 amide bonds. The number of hydrogen-bond acceptors (Lipinski definition) is 4. The Labute approximate surface area is 122 Å². The molecule has 0 radical (unpaired) electrons. The number of aliphatic hydroxyl groups excluding tert-OH is 1. The largest absolute Gasteiger partial charge is 0.384 e. The summed E-state index contributed by atoms with van der Waals surface area (Å²) in [5.74, 6) is 5.52. The number of morpholine rings is 1. The Morgan fingerprint density at radius 2 is 2.45 bits per heavy atom. The molecule has 4 nitrogen and oxygen atoms in total. The van der Waals surface area contributed by atoms with Crippen LogP contribution in [0.5, 0.6) is 0 Å². The van der Waals surface area contributed by atoms with E-state index in [-0.39, 0.29) is 24.7 Å². The molecule has 2 heterocycles. The third kappa shape index (κ3) is 2.47. The average molecular weight is 291 g/mol. The van der Waals surface area contributed by atoms with Crippen molar-refractivity contribution in [2.75, 3.05) is 19.8 Å². The van der Waals surface area contributed by atoms with Crippen molar-refractivity contribution in [3.63, 3.8) is 0 Å². The monoisotopic (exact) mass is 291 g/mol. The summed E-state index contributed by atoms with van der Waals surface area (Å²) in [6, 6.07) is 2.06. The number of hydrogen-bond donors (Lipinski definition) is 1. The number of amides is 1. The highest BCUT2D eigenvalue weighted by atomic mass is 32.1. The topological polar surface area (TPSA) is 49.8 Å². The molecule has 2 fully saturated rings. The molecule has 2 atom stereocenters. The molecule has 1 aliphatic carbocycles. The van der Waals surface area contributed by atoms with E-state index in [4.69, 9.17) is 9.84 Å².